The minimum absolute atomic E-state index is 0.109. The second-order valence-electron chi connectivity index (χ2n) is 6.11. The molecule has 0 saturated carbocycles. The minimum atomic E-state index is 0.109. The number of benzene rings is 1. The Morgan fingerprint density at radius 1 is 1.12 bits per heavy atom. The molecule has 0 unspecified atom stereocenters. The average molecular weight is 353 g/mol. The first-order valence-electron chi connectivity index (χ1n) is 8.22. The largest absolute Gasteiger partial charge is 0.360 e. The lowest BCUT2D eigenvalue weighted by Crippen LogP contribution is -3.13. The van der Waals surface area contributed by atoms with Crippen LogP contribution in [-0.2, 0) is 6.54 Å². The highest BCUT2D eigenvalue weighted by molar-refractivity contribution is 6.30. The van der Waals surface area contributed by atoms with Crippen LogP contribution in [0.15, 0.2) is 42.0 Å². The number of quaternary nitrogens is 1. The van der Waals surface area contributed by atoms with Gasteiger partial charge in [-0.2, -0.15) is 10.5 Å². The molecule has 1 aliphatic rings. The molecule has 0 atom stereocenters. The summed E-state index contributed by atoms with van der Waals surface area (Å²) in [4.78, 5) is 7.18. The molecule has 2 heterocycles. The number of piperazine rings is 1. The zero-order valence-electron chi connectivity index (χ0n) is 13.8. The molecule has 1 fully saturated rings. The summed E-state index contributed by atoms with van der Waals surface area (Å²) in [5, 5.41) is 18.4. The van der Waals surface area contributed by atoms with Crippen molar-refractivity contribution >= 4 is 23.4 Å². The van der Waals surface area contributed by atoms with E-state index in [1.807, 2.05) is 36.4 Å². The van der Waals surface area contributed by atoms with Gasteiger partial charge in [-0.25, -0.2) is 0 Å². The third-order valence-corrected chi connectivity index (χ3v) is 4.66. The molecule has 0 amide bonds. The summed E-state index contributed by atoms with van der Waals surface area (Å²) in [5.74, 6) is 0. The molecule has 25 heavy (non-hydrogen) atoms. The number of H-pyrrole nitrogens is 1. The number of nitrogens with one attached hydrogen (secondary N) is 2. The molecular weight excluding hydrogens is 334 g/mol. The molecule has 1 aromatic heterocycles. The molecule has 0 spiro atoms. The van der Waals surface area contributed by atoms with Gasteiger partial charge < -0.3 is 14.8 Å². The van der Waals surface area contributed by atoms with Crippen molar-refractivity contribution in [1.82, 2.24) is 4.98 Å². The molecular formula is C19H19ClN5+. The lowest BCUT2D eigenvalue weighted by Gasteiger charge is -2.33. The highest BCUT2D eigenvalue weighted by Crippen LogP contribution is 2.17. The van der Waals surface area contributed by atoms with Gasteiger partial charge in [-0.1, -0.05) is 11.6 Å². The monoisotopic (exact) mass is 352 g/mol. The zero-order valence-corrected chi connectivity index (χ0v) is 14.6. The van der Waals surface area contributed by atoms with Gasteiger partial charge >= 0.3 is 0 Å². The number of hydrogen-bond acceptors (Lipinski definition) is 3. The van der Waals surface area contributed by atoms with Crippen LogP contribution in [0.5, 0.6) is 0 Å². The quantitative estimate of drug-likeness (QED) is 0.827. The van der Waals surface area contributed by atoms with E-state index in [0.717, 1.165) is 49.1 Å². The number of hydrogen-bond donors (Lipinski definition) is 2. The fourth-order valence-corrected chi connectivity index (χ4v) is 3.20. The van der Waals surface area contributed by atoms with Crippen molar-refractivity contribution < 1.29 is 4.90 Å². The number of aromatic nitrogens is 1. The Balaban J connectivity index is 1.55. The number of anilines is 1. The van der Waals surface area contributed by atoms with Crippen LogP contribution in [0.3, 0.4) is 0 Å². The SMILES string of the molecule is N#CC(C#N)=Cc1ccc(C[NH+]2CCN(c3ccc(Cl)cc3)CC2)[nH]1. The first-order valence-corrected chi connectivity index (χ1v) is 8.59. The van der Waals surface area contributed by atoms with Gasteiger partial charge in [-0.15, -0.1) is 0 Å². The van der Waals surface area contributed by atoms with Gasteiger partial charge in [0.25, 0.3) is 0 Å². The molecule has 1 saturated heterocycles. The number of nitriles is 2. The predicted octanol–water partition coefficient (Wildman–Crippen LogP) is 2.00. The third kappa shape index (κ3) is 4.42. The number of halogens is 1. The van der Waals surface area contributed by atoms with Crippen LogP contribution in [-0.4, -0.2) is 31.2 Å². The standard InChI is InChI=1S/C19H18ClN5/c20-16-1-5-19(6-2-16)25-9-7-24(8-10-25)14-18-4-3-17(23-18)11-15(12-21)13-22/h1-6,11,23H,7-10,14H2/p+1. The van der Waals surface area contributed by atoms with Gasteiger partial charge in [0.05, 0.1) is 31.9 Å². The first kappa shape index (κ1) is 17.1. The van der Waals surface area contributed by atoms with E-state index in [9.17, 15) is 0 Å². The molecule has 1 aromatic carbocycles. The van der Waals surface area contributed by atoms with Gasteiger partial charge in [0.2, 0.25) is 0 Å². The number of nitrogens with zero attached hydrogens (tertiary/aromatic N) is 3. The Morgan fingerprint density at radius 3 is 2.44 bits per heavy atom. The van der Waals surface area contributed by atoms with Crippen LogP contribution in [0.2, 0.25) is 5.02 Å². The molecule has 3 rings (SSSR count). The Hall–Kier alpha value is -2.73. The van der Waals surface area contributed by atoms with E-state index < -0.39 is 0 Å². The Labute approximate surface area is 152 Å². The van der Waals surface area contributed by atoms with Gasteiger partial charge in [0, 0.05) is 16.4 Å². The van der Waals surface area contributed by atoms with Crippen LogP contribution in [0, 0.1) is 22.7 Å². The molecule has 0 radical (unpaired) electrons. The van der Waals surface area contributed by atoms with Gasteiger partial charge in [0.1, 0.15) is 24.3 Å². The summed E-state index contributed by atoms with van der Waals surface area (Å²) >= 11 is 5.95. The molecule has 1 aliphatic heterocycles. The maximum atomic E-state index is 8.82. The van der Waals surface area contributed by atoms with Crippen LogP contribution in [0.4, 0.5) is 5.69 Å². The molecule has 5 nitrogen and oxygen atoms in total. The maximum Gasteiger partial charge on any atom is 0.131 e. The van der Waals surface area contributed by atoms with Crippen molar-refractivity contribution in [2.24, 2.45) is 0 Å². The lowest BCUT2D eigenvalue weighted by atomic mass is 10.2. The van der Waals surface area contributed by atoms with E-state index in [-0.39, 0.29) is 5.57 Å². The van der Waals surface area contributed by atoms with Crippen molar-refractivity contribution in [3.8, 4) is 12.1 Å². The smallest absolute Gasteiger partial charge is 0.131 e. The molecule has 2 N–H and O–H groups in total. The summed E-state index contributed by atoms with van der Waals surface area (Å²) in [6.07, 6.45) is 1.58. The van der Waals surface area contributed by atoms with E-state index in [4.69, 9.17) is 22.1 Å². The average Bonchev–Trinajstić information content (AvgIpc) is 3.08. The Kier molecular flexibility index (Phi) is 5.40. The second-order valence-corrected chi connectivity index (χ2v) is 6.55. The summed E-state index contributed by atoms with van der Waals surface area (Å²) in [5.41, 5.74) is 3.25. The summed E-state index contributed by atoms with van der Waals surface area (Å²) in [6, 6.07) is 15.7. The molecule has 0 bridgehead atoms. The maximum absolute atomic E-state index is 8.82. The highest BCUT2D eigenvalue weighted by atomic mass is 35.5. The number of allylic oxidation sites excluding steroid dienone is 1. The van der Waals surface area contributed by atoms with E-state index in [0.29, 0.717) is 0 Å². The topological polar surface area (TPSA) is 71.0 Å². The van der Waals surface area contributed by atoms with Gasteiger partial charge in [0.15, 0.2) is 0 Å². The first-order chi connectivity index (χ1) is 12.2. The second kappa shape index (κ2) is 7.90. The summed E-state index contributed by atoms with van der Waals surface area (Å²) in [7, 11) is 0. The van der Waals surface area contributed by atoms with Gasteiger partial charge in [-0.05, 0) is 42.5 Å². The van der Waals surface area contributed by atoms with Crippen LogP contribution < -0.4 is 9.80 Å². The normalized spacial score (nSPS) is 14.6. The number of rotatable bonds is 4. The minimum Gasteiger partial charge on any atom is -0.360 e. The van der Waals surface area contributed by atoms with Crippen molar-refractivity contribution in [3.05, 3.63) is 58.4 Å². The zero-order chi connectivity index (χ0) is 17.6. The van der Waals surface area contributed by atoms with Crippen molar-refractivity contribution in [2.45, 2.75) is 6.54 Å². The molecule has 0 aliphatic carbocycles. The van der Waals surface area contributed by atoms with E-state index in [1.165, 1.54) is 10.6 Å². The summed E-state index contributed by atoms with van der Waals surface area (Å²) in [6.45, 7) is 5.06. The highest BCUT2D eigenvalue weighted by Gasteiger charge is 2.20. The van der Waals surface area contributed by atoms with Crippen LogP contribution in [0.25, 0.3) is 6.08 Å². The Bertz CT molecular complexity index is 814. The molecule has 2 aromatic rings. The lowest BCUT2D eigenvalue weighted by molar-refractivity contribution is -0.914. The predicted molar refractivity (Wildman–Crippen MR) is 98.1 cm³/mol. The fourth-order valence-electron chi connectivity index (χ4n) is 3.07. The number of aromatic amines is 1. The van der Waals surface area contributed by atoms with Crippen LogP contribution >= 0.6 is 11.6 Å². The molecule has 6 heteroatoms. The van der Waals surface area contributed by atoms with Crippen molar-refractivity contribution in [1.29, 1.82) is 10.5 Å². The van der Waals surface area contributed by atoms with Crippen molar-refractivity contribution in [2.75, 3.05) is 31.1 Å². The molecule has 126 valence electrons. The summed E-state index contributed by atoms with van der Waals surface area (Å²) < 4.78 is 0. The van der Waals surface area contributed by atoms with Crippen LogP contribution in [0.1, 0.15) is 11.4 Å². The van der Waals surface area contributed by atoms with E-state index >= 15 is 0 Å². The fraction of sp³-hybridized carbons (Fsp3) is 0.263. The Morgan fingerprint density at radius 2 is 1.80 bits per heavy atom. The third-order valence-electron chi connectivity index (χ3n) is 4.41. The van der Waals surface area contributed by atoms with Gasteiger partial charge in [-0.3, -0.25) is 0 Å². The van der Waals surface area contributed by atoms with E-state index in [2.05, 4.69) is 22.0 Å². The van der Waals surface area contributed by atoms with E-state index in [1.54, 1.807) is 6.08 Å². The van der Waals surface area contributed by atoms with Crippen molar-refractivity contribution in [3.63, 3.8) is 0 Å².